The maximum Gasteiger partial charge on any atom is 0.309 e. The first kappa shape index (κ1) is 16.8. The molecule has 0 unspecified atom stereocenters. The Morgan fingerprint density at radius 1 is 1.45 bits per heavy atom. The smallest absolute Gasteiger partial charge is 0.309 e. The highest BCUT2D eigenvalue weighted by molar-refractivity contribution is 7.80. The fourth-order valence-electron chi connectivity index (χ4n) is 2.32. The van der Waals surface area contributed by atoms with Crippen molar-refractivity contribution >= 4 is 23.3 Å². The summed E-state index contributed by atoms with van der Waals surface area (Å²) in [6.45, 7) is 6.02. The Morgan fingerprint density at radius 3 is 2.85 bits per heavy atom. The van der Waals surface area contributed by atoms with Crippen molar-refractivity contribution in [2.24, 2.45) is 11.7 Å². The van der Waals surface area contributed by atoms with E-state index < -0.39 is 0 Å². The van der Waals surface area contributed by atoms with Gasteiger partial charge in [0.15, 0.2) is 5.11 Å². The summed E-state index contributed by atoms with van der Waals surface area (Å²) >= 11 is 4.68. The van der Waals surface area contributed by atoms with E-state index in [1.165, 1.54) is 12.8 Å². The molecule has 1 rings (SSSR count). The molecule has 1 aliphatic heterocycles. The second-order valence-corrected chi connectivity index (χ2v) is 5.68. The van der Waals surface area contributed by atoms with Crippen molar-refractivity contribution in [1.82, 2.24) is 10.9 Å². The number of rotatable bonds is 9. The van der Waals surface area contributed by atoms with Gasteiger partial charge in [0.25, 0.3) is 0 Å². The van der Waals surface area contributed by atoms with E-state index in [1.807, 2.05) is 0 Å². The van der Waals surface area contributed by atoms with Gasteiger partial charge in [-0.3, -0.25) is 10.2 Å². The zero-order chi connectivity index (χ0) is 15.0. The molecular formula is C14H25N3O2S. The number of ether oxygens (including phenoxy) is 1. The quantitative estimate of drug-likeness (QED) is 0.262. The van der Waals surface area contributed by atoms with E-state index in [0.29, 0.717) is 6.42 Å². The van der Waals surface area contributed by atoms with Crippen LogP contribution < -0.4 is 16.6 Å². The number of nitrogens with one attached hydrogen (secondary N) is 2. The van der Waals surface area contributed by atoms with E-state index in [-0.39, 0.29) is 23.1 Å². The highest BCUT2D eigenvalue weighted by Crippen LogP contribution is 2.28. The molecule has 5 nitrogen and oxygen atoms in total. The standard InChI is InChI=1S/C14H25N3O2S/c1-3-4-5-6-12-9-11(13(18)19-12)8-7-10(2)16-17-14(15)20/h11-12,16H,2-9H2,1H3,(H3,15,17,20)/t11-,12+/m0/s1. The number of unbranched alkanes of at least 4 members (excludes halogenated alkanes) is 2. The van der Waals surface area contributed by atoms with Crippen LogP contribution >= 0.6 is 12.2 Å². The lowest BCUT2D eigenvalue weighted by Crippen LogP contribution is -2.40. The average molecular weight is 299 g/mol. The minimum absolute atomic E-state index is 0.00926. The maximum absolute atomic E-state index is 11.8. The van der Waals surface area contributed by atoms with E-state index >= 15 is 0 Å². The van der Waals surface area contributed by atoms with Crippen molar-refractivity contribution in [3.8, 4) is 0 Å². The molecular weight excluding hydrogens is 274 g/mol. The van der Waals surface area contributed by atoms with E-state index in [4.69, 9.17) is 10.5 Å². The van der Waals surface area contributed by atoms with E-state index in [2.05, 4.69) is 36.6 Å². The normalized spacial score (nSPS) is 21.4. The number of cyclic esters (lactones) is 1. The van der Waals surface area contributed by atoms with Crippen LogP contribution in [0, 0.1) is 5.92 Å². The Morgan fingerprint density at radius 2 is 2.20 bits per heavy atom. The fourth-order valence-corrected chi connectivity index (χ4v) is 2.37. The first-order valence-corrected chi connectivity index (χ1v) is 7.63. The van der Waals surface area contributed by atoms with Crippen molar-refractivity contribution in [2.75, 3.05) is 0 Å². The third-order valence-electron chi connectivity index (χ3n) is 3.45. The Kier molecular flexibility index (Phi) is 7.36. The van der Waals surface area contributed by atoms with Crippen molar-refractivity contribution in [3.05, 3.63) is 12.3 Å². The highest BCUT2D eigenvalue weighted by Gasteiger charge is 2.33. The number of hydrazine groups is 1. The average Bonchev–Trinajstić information content (AvgIpc) is 2.75. The van der Waals surface area contributed by atoms with Gasteiger partial charge in [0.05, 0.1) is 5.92 Å². The summed E-state index contributed by atoms with van der Waals surface area (Å²) < 4.78 is 5.41. The number of hydrogen-bond donors (Lipinski definition) is 3. The number of thiocarbonyl (C=S) groups is 1. The predicted molar refractivity (Wildman–Crippen MR) is 83.6 cm³/mol. The number of allylic oxidation sites excluding steroid dienone is 1. The lowest BCUT2D eigenvalue weighted by atomic mass is 9.96. The zero-order valence-corrected chi connectivity index (χ0v) is 12.9. The number of hydrogen-bond acceptors (Lipinski definition) is 4. The molecule has 0 aromatic heterocycles. The van der Waals surface area contributed by atoms with Gasteiger partial charge in [-0.2, -0.15) is 0 Å². The molecule has 114 valence electrons. The second kappa shape index (κ2) is 8.79. The van der Waals surface area contributed by atoms with Crippen molar-refractivity contribution < 1.29 is 9.53 Å². The van der Waals surface area contributed by atoms with Crippen LogP contribution in [0.3, 0.4) is 0 Å². The summed E-state index contributed by atoms with van der Waals surface area (Å²) in [4.78, 5) is 11.8. The molecule has 0 spiro atoms. The largest absolute Gasteiger partial charge is 0.462 e. The molecule has 6 heteroatoms. The number of carbonyl (C=O) groups excluding carboxylic acids is 1. The number of nitrogens with two attached hydrogens (primary N) is 1. The molecule has 0 aromatic rings. The van der Waals surface area contributed by atoms with Crippen LogP contribution in [0.25, 0.3) is 0 Å². The van der Waals surface area contributed by atoms with Gasteiger partial charge >= 0.3 is 5.97 Å². The van der Waals surface area contributed by atoms with Gasteiger partial charge < -0.3 is 15.9 Å². The summed E-state index contributed by atoms with van der Waals surface area (Å²) in [5.74, 6) is -0.0772. The second-order valence-electron chi connectivity index (χ2n) is 5.24. The van der Waals surface area contributed by atoms with E-state index in [9.17, 15) is 4.79 Å². The summed E-state index contributed by atoms with van der Waals surface area (Å²) in [5.41, 5.74) is 11.5. The number of carbonyl (C=O) groups is 1. The molecule has 2 atom stereocenters. The van der Waals surface area contributed by atoms with Crippen LogP contribution in [0.1, 0.15) is 51.9 Å². The Balaban J connectivity index is 2.22. The van der Waals surface area contributed by atoms with Crippen LogP contribution in [-0.2, 0) is 9.53 Å². The lowest BCUT2D eigenvalue weighted by molar-refractivity contribution is -0.144. The maximum atomic E-state index is 11.8. The van der Waals surface area contributed by atoms with Crippen LogP contribution in [0.15, 0.2) is 12.3 Å². The summed E-state index contributed by atoms with van der Waals surface area (Å²) in [5, 5.41) is 0.169. The van der Waals surface area contributed by atoms with Gasteiger partial charge in [-0.15, -0.1) is 0 Å². The van der Waals surface area contributed by atoms with Crippen LogP contribution in [-0.4, -0.2) is 17.2 Å². The van der Waals surface area contributed by atoms with E-state index in [0.717, 1.165) is 31.4 Å². The van der Waals surface area contributed by atoms with Gasteiger partial charge in [-0.1, -0.05) is 26.3 Å². The summed E-state index contributed by atoms with van der Waals surface area (Å²) in [7, 11) is 0. The topological polar surface area (TPSA) is 76.4 Å². The predicted octanol–water partition coefficient (Wildman–Crippen LogP) is 2.13. The zero-order valence-electron chi connectivity index (χ0n) is 12.1. The van der Waals surface area contributed by atoms with Crippen LogP contribution in [0.4, 0.5) is 0 Å². The van der Waals surface area contributed by atoms with Crippen LogP contribution in [0.5, 0.6) is 0 Å². The van der Waals surface area contributed by atoms with Gasteiger partial charge in [0.2, 0.25) is 0 Å². The first-order valence-electron chi connectivity index (χ1n) is 7.22. The van der Waals surface area contributed by atoms with Gasteiger partial charge in [-0.25, -0.2) is 0 Å². The summed E-state index contributed by atoms with van der Waals surface area (Å²) in [6.07, 6.45) is 6.88. The molecule has 1 fully saturated rings. The minimum atomic E-state index is -0.0680. The molecule has 0 radical (unpaired) electrons. The van der Waals surface area contributed by atoms with Gasteiger partial charge in [-0.05, 0) is 44.3 Å². The first-order chi connectivity index (χ1) is 9.52. The molecule has 1 heterocycles. The Bertz CT molecular complexity index is 360. The Hall–Kier alpha value is -1.30. The minimum Gasteiger partial charge on any atom is -0.462 e. The van der Waals surface area contributed by atoms with Gasteiger partial charge in [0.1, 0.15) is 6.10 Å². The molecule has 1 saturated heterocycles. The van der Waals surface area contributed by atoms with Crippen molar-refractivity contribution in [2.45, 2.75) is 58.0 Å². The molecule has 20 heavy (non-hydrogen) atoms. The third kappa shape index (κ3) is 6.23. The lowest BCUT2D eigenvalue weighted by Gasteiger charge is -2.11. The van der Waals surface area contributed by atoms with Gasteiger partial charge in [0, 0.05) is 5.70 Å². The fraction of sp³-hybridized carbons (Fsp3) is 0.714. The molecule has 0 saturated carbocycles. The molecule has 0 aliphatic carbocycles. The van der Waals surface area contributed by atoms with Crippen molar-refractivity contribution in [1.29, 1.82) is 0 Å². The Labute approximate surface area is 126 Å². The SMILES string of the molecule is C=C(CC[C@H]1C[C@@H](CCCCC)OC1=O)NNC(N)=S. The molecule has 4 N–H and O–H groups in total. The highest BCUT2D eigenvalue weighted by atomic mass is 32.1. The molecule has 0 aromatic carbocycles. The third-order valence-corrected chi connectivity index (χ3v) is 3.55. The molecule has 1 aliphatic rings. The van der Waals surface area contributed by atoms with E-state index in [1.54, 1.807) is 0 Å². The van der Waals surface area contributed by atoms with Crippen molar-refractivity contribution in [3.63, 3.8) is 0 Å². The summed E-state index contributed by atoms with van der Waals surface area (Å²) in [6, 6.07) is 0. The molecule has 0 bridgehead atoms. The monoisotopic (exact) mass is 299 g/mol. The van der Waals surface area contributed by atoms with Crippen LogP contribution in [0.2, 0.25) is 0 Å². The number of esters is 1. The molecule has 0 amide bonds.